The molecule has 0 atom stereocenters. The maximum absolute atomic E-state index is 13.2. The molecule has 9 heteroatoms. The number of aromatic nitrogens is 2. The molecule has 1 amide bonds. The van der Waals surface area contributed by atoms with E-state index in [9.17, 15) is 22.8 Å². The highest BCUT2D eigenvalue weighted by Crippen LogP contribution is 2.33. The fraction of sp³-hybridized carbons (Fsp3) is 0.312. The van der Waals surface area contributed by atoms with Gasteiger partial charge in [0.05, 0.1) is 11.9 Å². The minimum atomic E-state index is -4.89. The Hall–Kier alpha value is -2.84. The van der Waals surface area contributed by atoms with Gasteiger partial charge in [0.15, 0.2) is 5.69 Å². The zero-order valence-corrected chi connectivity index (χ0v) is 13.3. The van der Waals surface area contributed by atoms with E-state index in [0.717, 1.165) is 12.8 Å². The number of nitrogens with zero attached hydrogens (tertiary/aromatic N) is 2. The van der Waals surface area contributed by atoms with E-state index in [2.05, 4.69) is 10.4 Å². The number of rotatable bonds is 6. The Kier molecular flexibility index (Phi) is 5.45. The molecule has 0 bridgehead atoms. The Morgan fingerprint density at radius 3 is 2.40 bits per heavy atom. The number of halogens is 3. The molecule has 0 aliphatic carbocycles. The molecule has 1 aromatic heterocycles. The van der Waals surface area contributed by atoms with Crippen LogP contribution in [0.4, 0.5) is 13.2 Å². The zero-order chi connectivity index (χ0) is 18.6. The lowest BCUT2D eigenvalue weighted by atomic mass is 10.1. The van der Waals surface area contributed by atoms with Crippen molar-refractivity contribution in [1.29, 1.82) is 0 Å². The third-order valence-electron chi connectivity index (χ3n) is 3.46. The van der Waals surface area contributed by atoms with Crippen molar-refractivity contribution in [3.63, 3.8) is 0 Å². The maximum Gasteiger partial charge on any atom is 0.434 e. The standard InChI is InChI=1S/C16H16F3N3O3/c1-2-3-8-20-14(23)10-4-6-11(7-5-10)22-13(16(17,18)19)12(9-21-22)15(24)25/h4-7,9H,2-3,8H2,1H3,(H,20,23)(H,24,25). The molecule has 2 rings (SSSR count). The normalized spacial score (nSPS) is 11.4. The summed E-state index contributed by atoms with van der Waals surface area (Å²) in [6, 6.07) is 5.28. The summed E-state index contributed by atoms with van der Waals surface area (Å²) in [5.41, 5.74) is -2.02. The molecule has 0 aliphatic heterocycles. The highest BCUT2D eigenvalue weighted by Gasteiger charge is 2.40. The maximum atomic E-state index is 13.2. The van der Waals surface area contributed by atoms with Crippen LogP contribution in [0.5, 0.6) is 0 Å². The van der Waals surface area contributed by atoms with Crippen molar-refractivity contribution in [2.24, 2.45) is 0 Å². The van der Waals surface area contributed by atoms with Crippen molar-refractivity contribution in [3.05, 3.63) is 47.3 Å². The van der Waals surface area contributed by atoms with Gasteiger partial charge < -0.3 is 10.4 Å². The average molecular weight is 355 g/mol. The van der Waals surface area contributed by atoms with Crippen LogP contribution in [0.25, 0.3) is 5.69 Å². The predicted molar refractivity (Wildman–Crippen MR) is 82.8 cm³/mol. The van der Waals surface area contributed by atoms with E-state index in [0.29, 0.717) is 23.0 Å². The lowest BCUT2D eigenvalue weighted by Crippen LogP contribution is -2.24. The van der Waals surface area contributed by atoms with Gasteiger partial charge in [-0.25, -0.2) is 9.48 Å². The lowest BCUT2D eigenvalue weighted by Gasteiger charge is -2.12. The van der Waals surface area contributed by atoms with Gasteiger partial charge in [-0.1, -0.05) is 13.3 Å². The molecule has 0 aliphatic rings. The summed E-state index contributed by atoms with van der Waals surface area (Å²) in [5, 5.41) is 15.1. The molecule has 25 heavy (non-hydrogen) atoms. The van der Waals surface area contributed by atoms with Crippen LogP contribution in [-0.4, -0.2) is 33.3 Å². The van der Waals surface area contributed by atoms with Crippen molar-refractivity contribution in [2.45, 2.75) is 25.9 Å². The first-order valence-corrected chi connectivity index (χ1v) is 7.52. The van der Waals surface area contributed by atoms with Crippen molar-refractivity contribution >= 4 is 11.9 Å². The van der Waals surface area contributed by atoms with Gasteiger partial charge in [-0.15, -0.1) is 0 Å². The smallest absolute Gasteiger partial charge is 0.434 e. The second-order valence-corrected chi connectivity index (χ2v) is 5.28. The Morgan fingerprint density at radius 1 is 1.24 bits per heavy atom. The SMILES string of the molecule is CCCCNC(=O)c1ccc(-n2ncc(C(=O)O)c2C(F)(F)F)cc1. The van der Waals surface area contributed by atoms with E-state index in [-0.39, 0.29) is 11.6 Å². The first-order valence-electron chi connectivity index (χ1n) is 7.52. The highest BCUT2D eigenvalue weighted by atomic mass is 19.4. The van der Waals surface area contributed by atoms with Gasteiger partial charge in [0, 0.05) is 12.1 Å². The van der Waals surface area contributed by atoms with E-state index in [1.165, 1.54) is 24.3 Å². The summed E-state index contributed by atoms with van der Waals surface area (Å²) in [5.74, 6) is -2.05. The topological polar surface area (TPSA) is 84.2 Å². The van der Waals surface area contributed by atoms with Crippen LogP contribution in [0.3, 0.4) is 0 Å². The Morgan fingerprint density at radius 2 is 1.88 bits per heavy atom. The van der Waals surface area contributed by atoms with Gasteiger partial charge in [-0.3, -0.25) is 4.79 Å². The van der Waals surface area contributed by atoms with Crippen LogP contribution < -0.4 is 5.32 Å². The number of nitrogens with one attached hydrogen (secondary N) is 1. The largest absolute Gasteiger partial charge is 0.478 e. The molecule has 6 nitrogen and oxygen atoms in total. The number of aromatic carboxylic acids is 1. The molecule has 2 N–H and O–H groups in total. The molecular weight excluding hydrogens is 339 g/mol. The minimum absolute atomic E-state index is 0.00457. The van der Waals surface area contributed by atoms with Crippen molar-refractivity contribution < 1.29 is 27.9 Å². The number of benzene rings is 1. The predicted octanol–water partition coefficient (Wildman–Crippen LogP) is 3.12. The van der Waals surface area contributed by atoms with Crippen LogP contribution in [-0.2, 0) is 6.18 Å². The van der Waals surface area contributed by atoms with Gasteiger partial charge in [0.25, 0.3) is 5.91 Å². The molecule has 0 saturated carbocycles. The van der Waals surface area contributed by atoms with E-state index in [1.54, 1.807) is 0 Å². The molecule has 2 aromatic rings. The van der Waals surface area contributed by atoms with E-state index in [4.69, 9.17) is 5.11 Å². The van der Waals surface area contributed by atoms with Gasteiger partial charge in [-0.2, -0.15) is 18.3 Å². The number of carbonyl (C=O) groups excluding carboxylic acids is 1. The number of alkyl halides is 3. The molecule has 0 saturated heterocycles. The second kappa shape index (κ2) is 7.37. The summed E-state index contributed by atoms with van der Waals surface area (Å²) in [4.78, 5) is 22.9. The van der Waals surface area contributed by atoms with E-state index < -0.39 is 23.4 Å². The molecule has 1 aromatic carbocycles. The van der Waals surface area contributed by atoms with Crippen LogP contribution in [0.1, 0.15) is 46.2 Å². The third kappa shape index (κ3) is 4.17. The van der Waals surface area contributed by atoms with Crippen molar-refractivity contribution in [3.8, 4) is 5.69 Å². The van der Waals surface area contributed by atoms with Gasteiger partial charge >= 0.3 is 12.1 Å². The number of unbranched alkanes of at least 4 members (excludes halogenated alkanes) is 1. The van der Waals surface area contributed by atoms with Gasteiger partial charge in [0.1, 0.15) is 5.56 Å². The summed E-state index contributed by atoms with van der Waals surface area (Å²) in [7, 11) is 0. The van der Waals surface area contributed by atoms with Crippen LogP contribution in [0, 0.1) is 0 Å². The van der Waals surface area contributed by atoms with E-state index >= 15 is 0 Å². The first kappa shape index (κ1) is 18.5. The molecule has 0 fully saturated rings. The molecular formula is C16H16F3N3O3. The third-order valence-corrected chi connectivity index (χ3v) is 3.46. The van der Waals surface area contributed by atoms with Gasteiger partial charge in [-0.05, 0) is 30.7 Å². The zero-order valence-electron chi connectivity index (χ0n) is 13.3. The Bertz CT molecular complexity index is 767. The molecule has 0 spiro atoms. The van der Waals surface area contributed by atoms with Crippen LogP contribution >= 0.6 is 0 Å². The average Bonchev–Trinajstić information content (AvgIpc) is 3.00. The van der Waals surface area contributed by atoms with Crippen molar-refractivity contribution in [1.82, 2.24) is 15.1 Å². The minimum Gasteiger partial charge on any atom is -0.478 e. The first-order chi connectivity index (χ1) is 11.8. The van der Waals surface area contributed by atoms with Gasteiger partial charge in [0.2, 0.25) is 0 Å². The number of carboxylic acid groups (broad SMARTS) is 1. The molecule has 0 unspecified atom stereocenters. The van der Waals surface area contributed by atoms with Crippen LogP contribution in [0.15, 0.2) is 30.5 Å². The fourth-order valence-corrected chi connectivity index (χ4v) is 2.21. The number of carboxylic acids is 1. The Balaban J connectivity index is 2.31. The van der Waals surface area contributed by atoms with E-state index in [1.807, 2.05) is 6.92 Å². The fourth-order valence-electron chi connectivity index (χ4n) is 2.21. The molecule has 134 valence electrons. The molecule has 0 radical (unpaired) electrons. The number of hydrogen-bond donors (Lipinski definition) is 2. The summed E-state index contributed by atoms with van der Waals surface area (Å²) >= 11 is 0. The van der Waals surface area contributed by atoms with Crippen molar-refractivity contribution in [2.75, 3.05) is 6.54 Å². The number of amides is 1. The quantitative estimate of drug-likeness (QED) is 0.780. The highest BCUT2D eigenvalue weighted by molar-refractivity contribution is 5.94. The summed E-state index contributed by atoms with van der Waals surface area (Å²) in [6.07, 6.45) is -2.49. The van der Waals surface area contributed by atoms with Crippen LogP contribution in [0.2, 0.25) is 0 Å². The summed E-state index contributed by atoms with van der Waals surface area (Å²) in [6.45, 7) is 2.49. The number of carbonyl (C=O) groups is 2. The second-order valence-electron chi connectivity index (χ2n) is 5.28. The Labute approximate surface area is 141 Å². The monoisotopic (exact) mass is 355 g/mol. The molecule has 1 heterocycles. The number of hydrogen-bond acceptors (Lipinski definition) is 3. The lowest BCUT2D eigenvalue weighted by molar-refractivity contribution is -0.143. The summed E-state index contributed by atoms with van der Waals surface area (Å²) < 4.78 is 40.0.